The number of halogens is 4. The smallest absolute Gasteiger partial charge is 0.147 e. The molecule has 0 amide bonds. The highest BCUT2D eigenvalue weighted by molar-refractivity contribution is 6.37. The van der Waals surface area contributed by atoms with Crippen molar-refractivity contribution >= 4 is 57.8 Å². The molecule has 100 valence electrons. The van der Waals surface area contributed by atoms with Gasteiger partial charge in [0.1, 0.15) is 11.5 Å². The number of hydrogen-bond acceptors (Lipinski definition) is 3. The van der Waals surface area contributed by atoms with Crippen molar-refractivity contribution in [2.24, 2.45) is 0 Å². The van der Waals surface area contributed by atoms with E-state index in [1.807, 2.05) is 0 Å². The van der Waals surface area contributed by atoms with Gasteiger partial charge in [0.25, 0.3) is 0 Å². The Balaban J connectivity index is 2.42. The third-order valence-corrected chi connectivity index (χ3v) is 3.57. The van der Waals surface area contributed by atoms with Gasteiger partial charge < -0.3 is 16.2 Å². The summed E-state index contributed by atoms with van der Waals surface area (Å²) >= 11 is 23.8. The number of anilines is 2. The van der Waals surface area contributed by atoms with Crippen LogP contribution in [0.3, 0.4) is 0 Å². The van der Waals surface area contributed by atoms with Gasteiger partial charge in [-0.2, -0.15) is 0 Å². The summed E-state index contributed by atoms with van der Waals surface area (Å²) < 4.78 is 5.57. The van der Waals surface area contributed by atoms with Gasteiger partial charge in [0.05, 0.1) is 31.5 Å². The van der Waals surface area contributed by atoms with Gasteiger partial charge in [-0.25, -0.2) is 0 Å². The molecule has 0 radical (unpaired) electrons. The van der Waals surface area contributed by atoms with Crippen LogP contribution in [0.4, 0.5) is 11.4 Å². The largest absolute Gasteiger partial charge is 0.454 e. The van der Waals surface area contributed by atoms with E-state index in [1.165, 1.54) is 24.3 Å². The fourth-order valence-electron chi connectivity index (χ4n) is 1.36. The van der Waals surface area contributed by atoms with Crippen molar-refractivity contribution < 1.29 is 4.74 Å². The molecule has 19 heavy (non-hydrogen) atoms. The van der Waals surface area contributed by atoms with Gasteiger partial charge in [0, 0.05) is 12.1 Å². The van der Waals surface area contributed by atoms with Gasteiger partial charge in [-0.05, 0) is 12.1 Å². The maximum absolute atomic E-state index is 6.01. The van der Waals surface area contributed by atoms with Crippen LogP contribution in [-0.2, 0) is 0 Å². The highest BCUT2D eigenvalue weighted by Gasteiger charge is 2.11. The van der Waals surface area contributed by atoms with Gasteiger partial charge in [0.15, 0.2) is 0 Å². The monoisotopic (exact) mass is 336 g/mol. The van der Waals surface area contributed by atoms with E-state index >= 15 is 0 Å². The van der Waals surface area contributed by atoms with Crippen molar-refractivity contribution in [1.82, 2.24) is 0 Å². The number of nitrogen functional groups attached to an aromatic ring is 2. The maximum atomic E-state index is 6.01. The van der Waals surface area contributed by atoms with Crippen molar-refractivity contribution in [3.8, 4) is 11.5 Å². The van der Waals surface area contributed by atoms with Crippen LogP contribution in [0.2, 0.25) is 20.1 Å². The summed E-state index contributed by atoms with van der Waals surface area (Å²) in [4.78, 5) is 0. The minimum atomic E-state index is 0.311. The second-order valence-electron chi connectivity index (χ2n) is 3.71. The molecule has 0 aliphatic heterocycles. The first kappa shape index (κ1) is 14.4. The third-order valence-electron chi connectivity index (χ3n) is 2.32. The standard InChI is InChI=1S/C12H8Cl4N2O/c13-5-3-11(7(15)1-9(5)17)19-12-4-6(14)10(18)2-8(12)16/h1-4H,17-18H2. The van der Waals surface area contributed by atoms with E-state index in [4.69, 9.17) is 62.6 Å². The van der Waals surface area contributed by atoms with Crippen LogP contribution in [0.25, 0.3) is 0 Å². The van der Waals surface area contributed by atoms with Crippen molar-refractivity contribution in [3.05, 3.63) is 44.4 Å². The van der Waals surface area contributed by atoms with E-state index in [2.05, 4.69) is 0 Å². The molecule has 0 unspecified atom stereocenters. The molecular formula is C12H8Cl4N2O. The molecular weight excluding hydrogens is 330 g/mol. The van der Waals surface area contributed by atoms with Gasteiger partial charge >= 0.3 is 0 Å². The molecule has 0 fully saturated rings. The second-order valence-corrected chi connectivity index (χ2v) is 5.34. The van der Waals surface area contributed by atoms with Crippen molar-refractivity contribution in [2.75, 3.05) is 11.5 Å². The lowest BCUT2D eigenvalue weighted by molar-refractivity contribution is 0.483. The quantitative estimate of drug-likeness (QED) is 0.735. The number of nitrogens with two attached hydrogens (primary N) is 2. The predicted molar refractivity (Wildman–Crippen MR) is 81.8 cm³/mol. The van der Waals surface area contributed by atoms with Crippen molar-refractivity contribution in [3.63, 3.8) is 0 Å². The van der Waals surface area contributed by atoms with Gasteiger partial charge in [-0.15, -0.1) is 0 Å². The van der Waals surface area contributed by atoms with E-state index in [-0.39, 0.29) is 0 Å². The zero-order valence-corrected chi connectivity index (χ0v) is 12.4. The highest BCUT2D eigenvalue weighted by Crippen LogP contribution is 2.39. The number of hydrogen-bond donors (Lipinski definition) is 2. The maximum Gasteiger partial charge on any atom is 0.147 e. The first-order valence-electron chi connectivity index (χ1n) is 5.05. The van der Waals surface area contributed by atoms with Crippen LogP contribution in [0.1, 0.15) is 0 Å². The summed E-state index contributed by atoms with van der Waals surface area (Å²) in [6.45, 7) is 0. The molecule has 0 heterocycles. The third kappa shape index (κ3) is 3.12. The summed E-state index contributed by atoms with van der Waals surface area (Å²) in [5.41, 5.74) is 12.0. The van der Waals surface area contributed by atoms with E-state index in [9.17, 15) is 0 Å². The Kier molecular flexibility index (Phi) is 4.21. The van der Waals surface area contributed by atoms with Crippen LogP contribution in [0.15, 0.2) is 24.3 Å². The Morgan fingerprint density at radius 3 is 1.37 bits per heavy atom. The van der Waals surface area contributed by atoms with Crippen LogP contribution < -0.4 is 16.2 Å². The average Bonchev–Trinajstić information content (AvgIpc) is 2.32. The molecule has 0 aliphatic carbocycles. The average molecular weight is 338 g/mol. The Bertz CT molecular complexity index is 591. The minimum Gasteiger partial charge on any atom is -0.454 e. The van der Waals surface area contributed by atoms with Crippen LogP contribution in [0, 0.1) is 0 Å². The number of ether oxygens (including phenoxy) is 1. The molecule has 2 aromatic rings. The Labute approximate surface area is 129 Å². The van der Waals surface area contributed by atoms with Crippen LogP contribution >= 0.6 is 46.4 Å². The normalized spacial score (nSPS) is 10.5. The van der Waals surface area contributed by atoms with E-state index < -0.39 is 0 Å². The fraction of sp³-hybridized carbons (Fsp3) is 0. The highest BCUT2D eigenvalue weighted by atomic mass is 35.5. The minimum absolute atomic E-state index is 0.311. The molecule has 0 atom stereocenters. The summed E-state index contributed by atoms with van der Waals surface area (Å²) in [5, 5.41) is 1.28. The molecule has 7 heteroatoms. The lowest BCUT2D eigenvalue weighted by atomic mass is 10.3. The lowest BCUT2D eigenvalue weighted by Crippen LogP contribution is -1.92. The van der Waals surface area contributed by atoms with E-state index in [1.54, 1.807) is 0 Å². The van der Waals surface area contributed by atoms with Gasteiger partial charge in [-0.3, -0.25) is 0 Å². The molecule has 0 aliphatic rings. The first-order chi connectivity index (χ1) is 8.88. The zero-order chi connectivity index (χ0) is 14.2. The lowest BCUT2D eigenvalue weighted by Gasteiger charge is -2.11. The Morgan fingerprint density at radius 2 is 1.00 bits per heavy atom. The Morgan fingerprint density at radius 1 is 0.632 bits per heavy atom. The summed E-state index contributed by atoms with van der Waals surface area (Å²) in [5.74, 6) is 0.646. The van der Waals surface area contributed by atoms with Crippen LogP contribution in [0.5, 0.6) is 11.5 Å². The van der Waals surface area contributed by atoms with Gasteiger partial charge in [-0.1, -0.05) is 46.4 Å². The molecule has 0 saturated heterocycles. The first-order valence-corrected chi connectivity index (χ1v) is 6.56. The predicted octanol–water partition coefficient (Wildman–Crippen LogP) is 5.26. The number of rotatable bonds is 2. The topological polar surface area (TPSA) is 61.3 Å². The Hall–Kier alpha value is -1.000. The molecule has 2 aromatic carbocycles. The molecule has 3 nitrogen and oxygen atoms in total. The fourth-order valence-corrected chi connectivity index (χ4v) is 2.09. The SMILES string of the molecule is Nc1cc(Cl)c(Oc2cc(Cl)c(N)cc2Cl)cc1Cl. The molecule has 4 N–H and O–H groups in total. The van der Waals surface area contributed by atoms with E-state index in [0.29, 0.717) is 43.0 Å². The summed E-state index contributed by atoms with van der Waals surface area (Å²) in [6, 6.07) is 5.98. The molecule has 2 rings (SSSR count). The molecule has 0 aromatic heterocycles. The van der Waals surface area contributed by atoms with Crippen molar-refractivity contribution in [2.45, 2.75) is 0 Å². The number of benzene rings is 2. The molecule has 0 spiro atoms. The van der Waals surface area contributed by atoms with Crippen LogP contribution in [-0.4, -0.2) is 0 Å². The summed E-state index contributed by atoms with van der Waals surface area (Å²) in [7, 11) is 0. The summed E-state index contributed by atoms with van der Waals surface area (Å²) in [6.07, 6.45) is 0. The van der Waals surface area contributed by atoms with E-state index in [0.717, 1.165) is 0 Å². The van der Waals surface area contributed by atoms with Crippen molar-refractivity contribution in [1.29, 1.82) is 0 Å². The molecule has 0 bridgehead atoms. The molecule has 0 saturated carbocycles. The second kappa shape index (κ2) is 5.55. The zero-order valence-electron chi connectivity index (χ0n) is 9.38. The van der Waals surface area contributed by atoms with Gasteiger partial charge in [0.2, 0.25) is 0 Å².